The Morgan fingerprint density at radius 3 is 2.79 bits per heavy atom. The van der Waals surface area contributed by atoms with Crippen molar-refractivity contribution in [3.8, 4) is 0 Å². The van der Waals surface area contributed by atoms with E-state index >= 15 is 0 Å². The summed E-state index contributed by atoms with van der Waals surface area (Å²) in [6, 6.07) is 2.47. The van der Waals surface area contributed by atoms with Gasteiger partial charge in [-0.2, -0.15) is 5.10 Å². The maximum Gasteiger partial charge on any atom is 0.320 e. The molecule has 0 bridgehead atoms. The first kappa shape index (κ1) is 16.2. The molecule has 0 aliphatic heterocycles. The zero-order valence-electron chi connectivity index (χ0n) is 11.7. The van der Waals surface area contributed by atoms with E-state index in [1.807, 2.05) is 16.9 Å². The molecule has 6 heteroatoms. The molecular formula is C13H22BrN3O2. The lowest BCUT2D eigenvalue weighted by Crippen LogP contribution is -2.29. The molecule has 1 aromatic heterocycles. The molecule has 108 valence electrons. The van der Waals surface area contributed by atoms with Crippen LogP contribution in [0.4, 0.5) is 0 Å². The SMILES string of the molecule is CCC(CC)n1ccc(CNCC(Br)C(=O)OC)n1. The van der Waals surface area contributed by atoms with Crippen LogP contribution in [0, 0.1) is 0 Å². The van der Waals surface area contributed by atoms with Crippen LogP contribution in [0.25, 0.3) is 0 Å². The third kappa shape index (κ3) is 4.95. The van der Waals surface area contributed by atoms with Gasteiger partial charge in [0, 0.05) is 19.3 Å². The molecule has 0 aliphatic carbocycles. The molecule has 1 atom stereocenters. The third-order valence-corrected chi connectivity index (χ3v) is 3.76. The van der Waals surface area contributed by atoms with Gasteiger partial charge in [0.05, 0.1) is 18.8 Å². The first-order valence-electron chi connectivity index (χ1n) is 6.59. The number of carbonyl (C=O) groups is 1. The van der Waals surface area contributed by atoms with Crippen molar-refractivity contribution >= 4 is 21.9 Å². The molecule has 1 N–H and O–H groups in total. The minimum absolute atomic E-state index is 0.268. The number of esters is 1. The summed E-state index contributed by atoms with van der Waals surface area (Å²) < 4.78 is 6.65. The van der Waals surface area contributed by atoms with E-state index in [2.05, 4.69) is 44.9 Å². The summed E-state index contributed by atoms with van der Waals surface area (Å²) >= 11 is 3.27. The zero-order valence-corrected chi connectivity index (χ0v) is 13.3. The normalized spacial score (nSPS) is 12.7. The van der Waals surface area contributed by atoms with Gasteiger partial charge in [0.2, 0.25) is 0 Å². The molecule has 1 rings (SSSR count). The molecular weight excluding hydrogens is 310 g/mol. The summed E-state index contributed by atoms with van der Waals surface area (Å²) in [5.74, 6) is -0.268. The number of alkyl halides is 1. The number of carbonyl (C=O) groups excluding carboxylic acids is 1. The standard InChI is InChI=1S/C13H22BrN3O2/c1-4-11(5-2)17-7-6-10(16-17)8-15-9-12(14)13(18)19-3/h6-7,11-12,15H,4-5,8-9H2,1-3H3. The van der Waals surface area contributed by atoms with Crippen LogP contribution < -0.4 is 5.32 Å². The molecule has 1 heterocycles. The van der Waals surface area contributed by atoms with E-state index in [0.29, 0.717) is 19.1 Å². The van der Waals surface area contributed by atoms with Crippen LogP contribution in [0.2, 0.25) is 0 Å². The van der Waals surface area contributed by atoms with Crippen molar-refractivity contribution in [2.24, 2.45) is 0 Å². The fourth-order valence-corrected chi connectivity index (χ4v) is 2.29. The van der Waals surface area contributed by atoms with Crippen molar-refractivity contribution in [2.45, 2.75) is 44.1 Å². The van der Waals surface area contributed by atoms with Crippen LogP contribution >= 0.6 is 15.9 Å². The highest BCUT2D eigenvalue weighted by molar-refractivity contribution is 9.10. The smallest absolute Gasteiger partial charge is 0.320 e. The summed E-state index contributed by atoms with van der Waals surface area (Å²) in [5, 5.41) is 7.72. The third-order valence-electron chi connectivity index (χ3n) is 3.07. The van der Waals surface area contributed by atoms with E-state index in [1.54, 1.807) is 0 Å². The maximum absolute atomic E-state index is 11.2. The number of aromatic nitrogens is 2. The average molecular weight is 332 g/mol. The van der Waals surface area contributed by atoms with Gasteiger partial charge < -0.3 is 10.1 Å². The molecule has 19 heavy (non-hydrogen) atoms. The summed E-state index contributed by atoms with van der Waals surface area (Å²) in [7, 11) is 1.38. The Morgan fingerprint density at radius 1 is 1.53 bits per heavy atom. The number of nitrogens with zero attached hydrogens (tertiary/aromatic N) is 2. The highest BCUT2D eigenvalue weighted by atomic mass is 79.9. The highest BCUT2D eigenvalue weighted by Gasteiger charge is 2.14. The molecule has 0 saturated heterocycles. The van der Waals surface area contributed by atoms with Crippen molar-refractivity contribution in [1.29, 1.82) is 0 Å². The van der Waals surface area contributed by atoms with Crippen molar-refractivity contribution in [2.75, 3.05) is 13.7 Å². The van der Waals surface area contributed by atoms with Crippen LogP contribution in [0.15, 0.2) is 12.3 Å². The van der Waals surface area contributed by atoms with E-state index in [4.69, 9.17) is 0 Å². The topological polar surface area (TPSA) is 56.2 Å². The van der Waals surface area contributed by atoms with E-state index in [-0.39, 0.29) is 10.8 Å². The van der Waals surface area contributed by atoms with Gasteiger partial charge in [-0.25, -0.2) is 0 Å². The molecule has 0 spiro atoms. The highest BCUT2D eigenvalue weighted by Crippen LogP contribution is 2.14. The van der Waals surface area contributed by atoms with Crippen molar-refractivity contribution in [3.63, 3.8) is 0 Å². The van der Waals surface area contributed by atoms with Gasteiger partial charge >= 0.3 is 5.97 Å². The lowest BCUT2D eigenvalue weighted by molar-refractivity contribution is -0.139. The van der Waals surface area contributed by atoms with Crippen molar-refractivity contribution < 1.29 is 9.53 Å². The van der Waals surface area contributed by atoms with Crippen LogP contribution in [-0.4, -0.2) is 34.2 Å². The Bertz CT molecular complexity index is 391. The average Bonchev–Trinajstić information content (AvgIpc) is 2.88. The number of nitrogens with one attached hydrogen (secondary N) is 1. The van der Waals surface area contributed by atoms with E-state index in [9.17, 15) is 4.79 Å². The molecule has 0 radical (unpaired) electrons. The van der Waals surface area contributed by atoms with Gasteiger partial charge in [-0.1, -0.05) is 29.8 Å². The summed E-state index contributed by atoms with van der Waals surface area (Å²) in [4.78, 5) is 10.9. The maximum atomic E-state index is 11.2. The van der Waals surface area contributed by atoms with Gasteiger partial charge in [-0.05, 0) is 18.9 Å². The zero-order chi connectivity index (χ0) is 14.3. The number of ether oxygens (including phenoxy) is 1. The molecule has 0 aliphatic rings. The fourth-order valence-electron chi connectivity index (χ4n) is 1.88. The summed E-state index contributed by atoms with van der Waals surface area (Å²) in [6.45, 7) is 5.50. The molecule has 1 unspecified atom stereocenters. The number of rotatable bonds is 8. The second-order valence-corrected chi connectivity index (χ2v) is 5.48. The predicted molar refractivity (Wildman–Crippen MR) is 78.3 cm³/mol. The minimum Gasteiger partial charge on any atom is -0.468 e. The Labute approximate surface area is 122 Å². The largest absolute Gasteiger partial charge is 0.468 e. The Balaban J connectivity index is 2.40. The van der Waals surface area contributed by atoms with Gasteiger partial charge in [-0.3, -0.25) is 9.48 Å². The lowest BCUT2D eigenvalue weighted by atomic mass is 10.2. The monoisotopic (exact) mass is 331 g/mol. The van der Waals surface area contributed by atoms with Crippen LogP contribution in [0.3, 0.4) is 0 Å². The van der Waals surface area contributed by atoms with Gasteiger partial charge in [0.25, 0.3) is 0 Å². The second-order valence-electron chi connectivity index (χ2n) is 4.38. The van der Waals surface area contributed by atoms with Gasteiger partial charge in [0.1, 0.15) is 4.83 Å². The Morgan fingerprint density at radius 2 is 2.21 bits per heavy atom. The molecule has 5 nitrogen and oxygen atoms in total. The Kier molecular flexibility index (Phi) is 7.09. The van der Waals surface area contributed by atoms with Crippen molar-refractivity contribution in [3.05, 3.63) is 18.0 Å². The van der Waals surface area contributed by atoms with Gasteiger partial charge in [-0.15, -0.1) is 0 Å². The molecule has 0 saturated carbocycles. The second kappa shape index (κ2) is 8.32. The van der Waals surface area contributed by atoms with E-state index in [0.717, 1.165) is 18.5 Å². The first-order valence-corrected chi connectivity index (χ1v) is 7.50. The predicted octanol–water partition coefficient (Wildman–Crippen LogP) is 2.27. The quantitative estimate of drug-likeness (QED) is 0.586. The number of halogens is 1. The minimum atomic E-state index is -0.321. The van der Waals surface area contributed by atoms with Gasteiger partial charge in [0.15, 0.2) is 0 Å². The van der Waals surface area contributed by atoms with Crippen LogP contribution in [0.1, 0.15) is 38.4 Å². The summed E-state index contributed by atoms with van der Waals surface area (Å²) in [6.07, 6.45) is 4.17. The van der Waals surface area contributed by atoms with E-state index < -0.39 is 0 Å². The van der Waals surface area contributed by atoms with Crippen LogP contribution in [-0.2, 0) is 16.1 Å². The number of methoxy groups -OCH3 is 1. The van der Waals surface area contributed by atoms with Crippen LogP contribution in [0.5, 0.6) is 0 Å². The fraction of sp³-hybridized carbons (Fsp3) is 0.692. The van der Waals surface area contributed by atoms with Crippen molar-refractivity contribution in [1.82, 2.24) is 15.1 Å². The Hall–Kier alpha value is -0.880. The molecule has 0 aromatic carbocycles. The first-order chi connectivity index (χ1) is 9.12. The molecule has 0 fully saturated rings. The summed E-state index contributed by atoms with van der Waals surface area (Å²) in [5.41, 5.74) is 0.983. The number of hydrogen-bond donors (Lipinski definition) is 1. The van der Waals surface area contributed by atoms with E-state index in [1.165, 1.54) is 7.11 Å². The number of hydrogen-bond acceptors (Lipinski definition) is 4. The lowest BCUT2D eigenvalue weighted by Gasteiger charge is -2.12. The molecule has 1 aromatic rings. The molecule has 0 amide bonds.